The Bertz CT molecular complexity index is 646. The van der Waals surface area contributed by atoms with Crippen LogP contribution in [0.3, 0.4) is 0 Å². The van der Waals surface area contributed by atoms with Crippen LogP contribution in [0, 0.1) is 0 Å². The fraction of sp³-hybridized carbons (Fsp3) is 0.471. The van der Waals surface area contributed by atoms with Crippen molar-refractivity contribution in [1.29, 1.82) is 0 Å². The predicted molar refractivity (Wildman–Crippen MR) is 88.7 cm³/mol. The molecule has 0 bridgehead atoms. The van der Waals surface area contributed by atoms with Crippen LogP contribution in [-0.4, -0.2) is 26.8 Å². The van der Waals surface area contributed by atoms with E-state index in [9.17, 15) is 4.79 Å². The number of nitrogens with one attached hydrogen (secondary N) is 2. The third-order valence-electron chi connectivity index (χ3n) is 4.28. The lowest BCUT2D eigenvalue weighted by molar-refractivity contribution is 0.232. The average molecular weight is 313 g/mol. The fourth-order valence-electron chi connectivity index (χ4n) is 3.06. The van der Waals surface area contributed by atoms with Crippen molar-refractivity contribution < 1.29 is 4.79 Å². The van der Waals surface area contributed by atoms with Crippen LogP contribution < -0.4 is 10.6 Å². The minimum Gasteiger partial charge on any atom is -0.335 e. The first kappa shape index (κ1) is 15.5. The van der Waals surface area contributed by atoms with Gasteiger partial charge in [0.05, 0.1) is 17.9 Å². The van der Waals surface area contributed by atoms with Gasteiger partial charge in [-0.25, -0.2) is 4.79 Å². The van der Waals surface area contributed by atoms with Crippen molar-refractivity contribution >= 4 is 6.03 Å². The van der Waals surface area contributed by atoms with Crippen molar-refractivity contribution in [2.75, 3.05) is 0 Å². The van der Waals surface area contributed by atoms with Crippen LogP contribution in [0.4, 0.5) is 4.79 Å². The molecule has 1 fully saturated rings. The second-order valence-corrected chi connectivity index (χ2v) is 6.04. The normalized spacial score (nSPS) is 15.3. The van der Waals surface area contributed by atoms with Gasteiger partial charge in [-0.1, -0.05) is 19.3 Å². The van der Waals surface area contributed by atoms with Crippen LogP contribution in [0.1, 0.15) is 37.8 Å². The van der Waals surface area contributed by atoms with Crippen LogP contribution in [0.25, 0.3) is 11.3 Å². The molecule has 0 radical (unpaired) electrons. The Hall–Kier alpha value is -2.37. The summed E-state index contributed by atoms with van der Waals surface area (Å²) in [5, 5.41) is 10.4. The van der Waals surface area contributed by atoms with E-state index in [4.69, 9.17) is 0 Å². The topological polar surface area (TPSA) is 71.8 Å². The van der Waals surface area contributed by atoms with Crippen molar-refractivity contribution in [3.63, 3.8) is 0 Å². The zero-order valence-corrected chi connectivity index (χ0v) is 13.5. The quantitative estimate of drug-likeness (QED) is 0.911. The molecule has 2 N–H and O–H groups in total. The van der Waals surface area contributed by atoms with E-state index in [0.29, 0.717) is 12.6 Å². The summed E-state index contributed by atoms with van der Waals surface area (Å²) in [5.74, 6) is 0. The zero-order chi connectivity index (χ0) is 16.1. The van der Waals surface area contributed by atoms with Gasteiger partial charge in [0.25, 0.3) is 0 Å². The lowest BCUT2D eigenvalue weighted by Gasteiger charge is -2.22. The maximum absolute atomic E-state index is 12.0. The van der Waals surface area contributed by atoms with Crippen molar-refractivity contribution in [1.82, 2.24) is 25.4 Å². The molecular formula is C17H23N5O. The van der Waals surface area contributed by atoms with Gasteiger partial charge in [0.1, 0.15) is 0 Å². The highest BCUT2D eigenvalue weighted by atomic mass is 16.2. The predicted octanol–water partition coefficient (Wildman–Crippen LogP) is 2.61. The highest BCUT2D eigenvalue weighted by molar-refractivity contribution is 5.74. The van der Waals surface area contributed by atoms with Crippen LogP contribution in [0.2, 0.25) is 0 Å². The molecule has 0 aliphatic heterocycles. The second-order valence-electron chi connectivity index (χ2n) is 6.04. The third-order valence-corrected chi connectivity index (χ3v) is 4.28. The molecule has 2 amide bonds. The van der Waals surface area contributed by atoms with Gasteiger partial charge < -0.3 is 10.6 Å². The molecule has 6 nitrogen and oxygen atoms in total. The molecule has 0 aromatic carbocycles. The van der Waals surface area contributed by atoms with Gasteiger partial charge in [-0.2, -0.15) is 5.10 Å². The molecule has 1 aliphatic carbocycles. The number of nitrogens with zero attached hydrogens (tertiary/aromatic N) is 3. The van der Waals surface area contributed by atoms with E-state index in [1.54, 1.807) is 12.4 Å². The average Bonchev–Trinajstić information content (AvgIpc) is 2.96. The number of urea groups is 1. The number of aryl methyl sites for hydroxylation is 1. The standard InChI is InChI=1S/C17H23N5O/c1-22-16(13-7-9-18-10-8-13)11-15(21-22)12-19-17(23)20-14-5-3-2-4-6-14/h7-11,14H,2-6,12H2,1H3,(H2,19,20,23). The molecule has 1 saturated carbocycles. The Morgan fingerprint density at radius 2 is 2.00 bits per heavy atom. The van der Waals surface area contributed by atoms with Crippen molar-refractivity contribution in [3.8, 4) is 11.3 Å². The lowest BCUT2D eigenvalue weighted by atomic mass is 9.96. The number of aromatic nitrogens is 3. The molecule has 2 aromatic heterocycles. The Kier molecular flexibility index (Phi) is 4.90. The zero-order valence-electron chi connectivity index (χ0n) is 13.5. The number of hydrogen-bond donors (Lipinski definition) is 2. The number of carbonyl (C=O) groups is 1. The van der Waals surface area contributed by atoms with E-state index in [0.717, 1.165) is 29.8 Å². The number of amides is 2. The Balaban J connectivity index is 1.55. The molecule has 6 heteroatoms. The lowest BCUT2D eigenvalue weighted by Crippen LogP contribution is -2.42. The van der Waals surface area contributed by atoms with Gasteiger partial charge in [0.2, 0.25) is 0 Å². The summed E-state index contributed by atoms with van der Waals surface area (Å²) in [6.45, 7) is 0.428. The molecule has 0 unspecified atom stereocenters. The van der Waals surface area contributed by atoms with Gasteiger partial charge in [0, 0.05) is 31.0 Å². The second kappa shape index (κ2) is 7.26. The highest BCUT2D eigenvalue weighted by Gasteiger charge is 2.15. The van der Waals surface area contributed by atoms with E-state index in [1.807, 2.05) is 29.9 Å². The molecule has 3 rings (SSSR count). The molecule has 2 aromatic rings. The summed E-state index contributed by atoms with van der Waals surface area (Å²) in [7, 11) is 1.90. The van der Waals surface area contributed by atoms with Gasteiger partial charge >= 0.3 is 6.03 Å². The first-order valence-corrected chi connectivity index (χ1v) is 8.20. The maximum atomic E-state index is 12.0. The molecule has 0 atom stereocenters. The minimum atomic E-state index is -0.104. The SMILES string of the molecule is Cn1nc(CNC(=O)NC2CCCCC2)cc1-c1ccncc1. The summed E-state index contributed by atoms with van der Waals surface area (Å²) >= 11 is 0. The fourth-order valence-corrected chi connectivity index (χ4v) is 3.06. The summed E-state index contributed by atoms with van der Waals surface area (Å²) in [6, 6.07) is 6.11. The number of carbonyl (C=O) groups excluding carboxylic acids is 1. The minimum absolute atomic E-state index is 0.104. The highest BCUT2D eigenvalue weighted by Crippen LogP contribution is 2.19. The van der Waals surface area contributed by atoms with Crippen molar-refractivity contribution in [2.24, 2.45) is 7.05 Å². The van der Waals surface area contributed by atoms with E-state index in [1.165, 1.54) is 19.3 Å². The summed E-state index contributed by atoms with van der Waals surface area (Å²) < 4.78 is 1.82. The molecule has 122 valence electrons. The van der Waals surface area contributed by atoms with Crippen LogP contribution in [0.15, 0.2) is 30.6 Å². The smallest absolute Gasteiger partial charge is 0.315 e. The summed E-state index contributed by atoms with van der Waals surface area (Å²) in [6.07, 6.45) is 9.40. The molecular weight excluding hydrogens is 290 g/mol. The van der Waals surface area contributed by atoms with E-state index >= 15 is 0 Å². The van der Waals surface area contributed by atoms with Gasteiger partial charge in [-0.15, -0.1) is 0 Å². The molecule has 0 saturated heterocycles. The number of rotatable bonds is 4. The Labute approximate surface area is 136 Å². The van der Waals surface area contributed by atoms with E-state index in [2.05, 4.69) is 20.7 Å². The third kappa shape index (κ3) is 4.09. The molecule has 23 heavy (non-hydrogen) atoms. The summed E-state index contributed by atoms with van der Waals surface area (Å²) in [4.78, 5) is 16.0. The largest absolute Gasteiger partial charge is 0.335 e. The first-order valence-electron chi connectivity index (χ1n) is 8.20. The van der Waals surface area contributed by atoms with E-state index < -0.39 is 0 Å². The number of pyridine rings is 1. The molecule has 2 heterocycles. The molecule has 1 aliphatic rings. The van der Waals surface area contributed by atoms with Gasteiger partial charge in [-0.05, 0) is 31.0 Å². The first-order chi connectivity index (χ1) is 11.2. The van der Waals surface area contributed by atoms with E-state index in [-0.39, 0.29) is 6.03 Å². The van der Waals surface area contributed by atoms with Crippen LogP contribution in [-0.2, 0) is 13.6 Å². The van der Waals surface area contributed by atoms with Crippen molar-refractivity contribution in [3.05, 3.63) is 36.3 Å². The van der Waals surface area contributed by atoms with Gasteiger partial charge in [0.15, 0.2) is 0 Å². The molecule has 0 spiro atoms. The Morgan fingerprint density at radius 1 is 1.26 bits per heavy atom. The Morgan fingerprint density at radius 3 is 2.74 bits per heavy atom. The maximum Gasteiger partial charge on any atom is 0.315 e. The van der Waals surface area contributed by atoms with Crippen LogP contribution in [0.5, 0.6) is 0 Å². The summed E-state index contributed by atoms with van der Waals surface area (Å²) in [5.41, 5.74) is 2.92. The van der Waals surface area contributed by atoms with Gasteiger partial charge in [-0.3, -0.25) is 9.67 Å². The van der Waals surface area contributed by atoms with Crippen molar-refractivity contribution in [2.45, 2.75) is 44.7 Å². The number of hydrogen-bond acceptors (Lipinski definition) is 3. The van der Waals surface area contributed by atoms with Crippen LogP contribution >= 0.6 is 0 Å². The monoisotopic (exact) mass is 313 g/mol.